The summed E-state index contributed by atoms with van der Waals surface area (Å²) >= 11 is 0. The van der Waals surface area contributed by atoms with E-state index in [0.717, 1.165) is 0 Å². The van der Waals surface area contributed by atoms with Crippen LogP contribution in [0.2, 0.25) is 0 Å². The lowest BCUT2D eigenvalue weighted by Gasteiger charge is -2.03. The predicted molar refractivity (Wildman–Crippen MR) is 43.9 cm³/mol. The molecule has 0 radical (unpaired) electrons. The van der Waals surface area contributed by atoms with Crippen LogP contribution in [0.3, 0.4) is 0 Å². The first kappa shape index (κ1) is 7.78. The lowest BCUT2D eigenvalue weighted by atomic mass is 10.5. The molecule has 0 aliphatic heterocycles. The average molecular weight is 180 g/mol. The zero-order chi connectivity index (χ0) is 9.26. The highest BCUT2D eigenvalue weighted by Crippen LogP contribution is 2.20. The molecule has 2 heterocycles. The van der Waals surface area contributed by atoms with Crippen LogP contribution in [-0.4, -0.2) is 34.0 Å². The van der Waals surface area contributed by atoms with Gasteiger partial charge in [0.15, 0.2) is 5.75 Å². The van der Waals surface area contributed by atoms with E-state index in [2.05, 4.69) is 15.3 Å². The van der Waals surface area contributed by atoms with Crippen LogP contribution in [0, 0.1) is 0 Å². The van der Waals surface area contributed by atoms with Crippen molar-refractivity contribution < 1.29 is 9.47 Å². The Labute approximate surface area is 74.1 Å². The van der Waals surface area contributed by atoms with E-state index in [1.54, 1.807) is 13.2 Å². The second-order valence-electron chi connectivity index (χ2n) is 2.35. The minimum atomic E-state index is 0.462. The minimum Gasteiger partial charge on any atom is -0.493 e. The average Bonchev–Trinajstić information content (AvgIpc) is 2.63. The van der Waals surface area contributed by atoms with Gasteiger partial charge >= 0.3 is 0 Å². The van der Waals surface area contributed by atoms with Gasteiger partial charge in [0.2, 0.25) is 11.5 Å². The molecule has 68 valence electrons. The number of hydrogen-bond donors (Lipinski definition) is 0. The fourth-order valence-electron chi connectivity index (χ4n) is 1.03. The van der Waals surface area contributed by atoms with Gasteiger partial charge in [0, 0.05) is 6.07 Å². The first-order valence-electron chi connectivity index (χ1n) is 3.64. The van der Waals surface area contributed by atoms with Crippen LogP contribution in [0.15, 0.2) is 12.4 Å². The Hall–Kier alpha value is -1.85. The normalized spacial score (nSPS) is 10.3. The maximum atomic E-state index is 5.08. The van der Waals surface area contributed by atoms with Gasteiger partial charge in [-0.25, -0.2) is 0 Å². The maximum absolute atomic E-state index is 5.08. The fraction of sp³-hybridized carbons (Fsp3) is 0.286. The molecule has 13 heavy (non-hydrogen) atoms. The van der Waals surface area contributed by atoms with Gasteiger partial charge in [-0.3, -0.25) is 0 Å². The van der Waals surface area contributed by atoms with Crippen molar-refractivity contribution in [2.24, 2.45) is 0 Å². The molecular formula is C7H8N4O2. The third-order valence-corrected chi connectivity index (χ3v) is 1.64. The van der Waals surface area contributed by atoms with Crippen molar-refractivity contribution in [3.63, 3.8) is 0 Å². The molecule has 0 saturated carbocycles. The van der Waals surface area contributed by atoms with Crippen molar-refractivity contribution in [2.45, 2.75) is 0 Å². The van der Waals surface area contributed by atoms with Crippen LogP contribution in [0.5, 0.6) is 11.6 Å². The highest BCUT2D eigenvalue weighted by atomic mass is 16.5. The molecular weight excluding hydrogens is 172 g/mol. The van der Waals surface area contributed by atoms with Gasteiger partial charge in [0.25, 0.3) is 0 Å². The minimum absolute atomic E-state index is 0.462. The van der Waals surface area contributed by atoms with E-state index in [1.807, 2.05) is 0 Å². The Morgan fingerprint density at radius 3 is 2.85 bits per heavy atom. The SMILES string of the molecule is COc1cc(OC)c2nncn2n1. The Kier molecular flexibility index (Phi) is 1.73. The molecule has 0 saturated heterocycles. The Bertz CT molecular complexity index is 425. The summed E-state index contributed by atoms with van der Waals surface area (Å²) < 4.78 is 11.5. The molecule has 0 fully saturated rings. The third-order valence-electron chi connectivity index (χ3n) is 1.64. The monoisotopic (exact) mass is 180 g/mol. The fourth-order valence-corrected chi connectivity index (χ4v) is 1.03. The Balaban J connectivity index is 2.70. The van der Waals surface area contributed by atoms with Gasteiger partial charge in [-0.1, -0.05) is 0 Å². The molecule has 0 amide bonds. The first-order chi connectivity index (χ1) is 6.35. The van der Waals surface area contributed by atoms with Crippen LogP contribution >= 0.6 is 0 Å². The highest BCUT2D eigenvalue weighted by Gasteiger charge is 2.07. The van der Waals surface area contributed by atoms with Crippen LogP contribution in [0.4, 0.5) is 0 Å². The molecule has 0 aromatic carbocycles. The van der Waals surface area contributed by atoms with Crippen LogP contribution in [-0.2, 0) is 0 Å². The summed E-state index contributed by atoms with van der Waals surface area (Å²) in [6.07, 6.45) is 1.49. The zero-order valence-corrected chi connectivity index (χ0v) is 7.26. The van der Waals surface area contributed by atoms with E-state index in [-0.39, 0.29) is 0 Å². The molecule has 0 unspecified atom stereocenters. The summed E-state index contributed by atoms with van der Waals surface area (Å²) in [6.45, 7) is 0. The lowest BCUT2D eigenvalue weighted by Crippen LogP contribution is -1.97. The second-order valence-corrected chi connectivity index (χ2v) is 2.35. The van der Waals surface area contributed by atoms with E-state index >= 15 is 0 Å². The first-order valence-corrected chi connectivity index (χ1v) is 3.64. The van der Waals surface area contributed by atoms with E-state index < -0.39 is 0 Å². The molecule has 0 atom stereocenters. The quantitative estimate of drug-likeness (QED) is 0.657. The maximum Gasteiger partial charge on any atom is 0.235 e. The topological polar surface area (TPSA) is 61.5 Å². The molecule has 0 bridgehead atoms. The van der Waals surface area contributed by atoms with Gasteiger partial charge in [0.1, 0.15) is 6.33 Å². The van der Waals surface area contributed by atoms with Crippen molar-refractivity contribution >= 4 is 5.65 Å². The number of hydrogen-bond acceptors (Lipinski definition) is 5. The number of rotatable bonds is 2. The highest BCUT2D eigenvalue weighted by molar-refractivity contribution is 5.52. The standard InChI is InChI=1S/C7H8N4O2/c1-12-5-3-6(13-2)10-11-4-8-9-7(5)11/h3-4H,1-2H3. The second kappa shape index (κ2) is 2.89. The van der Waals surface area contributed by atoms with Crippen molar-refractivity contribution in [3.8, 4) is 11.6 Å². The van der Waals surface area contributed by atoms with Crippen molar-refractivity contribution in [1.29, 1.82) is 0 Å². The molecule has 6 nitrogen and oxygen atoms in total. The number of ether oxygens (including phenoxy) is 2. The molecule has 6 heteroatoms. The molecule has 0 aliphatic rings. The Morgan fingerprint density at radius 1 is 1.31 bits per heavy atom. The van der Waals surface area contributed by atoms with Crippen molar-refractivity contribution in [3.05, 3.63) is 12.4 Å². The zero-order valence-electron chi connectivity index (χ0n) is 7.26. The van der Waals surface area contributed by atoms with Crippen molar-refractivity contribution in [1.82, 2.24) is 19.8 Å². The van der Waals surface area contributed by atoms with E-state index in [0.29, 0.717) is 17.3 Å². The number of fused-ring (bicyclic) bond motifs is 1. The Morgan fingerprint density at radius 2 is 2.15 bits per heavy atom. The molecule has 0 aliphatic carbocycles. The van der Waals surface area contributed by atoms with Crippen molar-refractivity contribution in [2.75, 3.05) is 14.2 Å². The smallest absolute Gasteiger partial charge is 0.235 e. The van der Waals surface area contributed by atoms with Gasteiger partial charge in [0.05, 0.1) is 14.2 Å². The lowest BCUT2D eigenvalue weighted by molar-refractivity contribution is 0.375. The van der Waals surface area contributed by atoms with E-state index in [1.165, 1.54) is 18.0 Å². The van der Waals surface area contributed by atoms with E-state index in [4.69, 9.17) is 9.47 Å². The number of nitrogens with zero attached hydrogens (tertiary/aromatic N) is 4. The summed E-state index contributed by atoms with van der Waals surface area (Å²) in [5.74, 6) is 1.05. The predicted octanol–water partition coefficient (Wildman–Crippen LogP) is 0.141. The van der Waals surface area contributed by atoms with Crippen LogP contribution in [0.1, 0.15) is 0 Å². The van der Waals surface area contributed by atoms with Gasteiger partial charge in [-0.15, -0.1) is 15.3 Å². The number of methoxy groups -OCH3 is 2. The summed E-state index contributed by atoms with van der Waals surface area (Å²) in [5.41, 5.74) is 0.573. The van der Waals surface area contributed by atoms with Gasteiger partial charge in [-0.05, 0) is 0 Å². The molecule has 0 spiro atoms. The summed E-state index contributed by atoms with van der Waals surface area (Å²) in [4.78, 5) is 0. The largest absolute Gasteiger partial charge is 0.493 e. The molecule has 2 rings (SSSR count). The molecule has 2 aromatic rings. The van der Waals surface area contributed by atoms with Crippen LogP contribution < -0.4 is 9.47 Å². The molecule has 0 N–H and O–H groups in total. The van der Waals surface area contributed by atoms with Gasteiger partial charge in [-0.2, -0.15) is 4.52 Å². The summed E-state index contributed by atoms with van der Waals surface area (Å²) in [5, 5.41) is 11.6. The van der Waals surface area contributed by atoms with E-state index in [9.17, 15) is 0 Å². The summed E-state index contributed by atoms with van der Waals surface area (Å²) in [6, 6.07) is 1.66. The molecule has 2 aromatic heterocycles. The van der Waals surface area contributed by atoms with Crippen LogP contribution in [0.25, 0.3) is 5.65 Å². The number of aromatic nitrogens is 4. The van der Waals surface area contributed by atoms with Gasteiger partial charge < -0.3 is 9.47 Å². The third kappa shape index (κ3) is 1.16. The summed E-state index contributed by atoms with van der Waals surface area (Å²) in [7, 11) is 3.10.